The zero-order chi connectivity index (χ0) is 22.5. The summed E-state index contributed by atoms with van der Waals surface area (Å²) >= 11 is 1.37. The summed E-state index contributed by atoms with van der Waals surface area (Å²) in [5.41, 5.74) is 1.88. The van der Waals surface area contributed by atoms with Gasteiger partial charge in [-0.3, -0.25) is 4.79 Å². The highest BCUT2D eigenvalue weighted by Gasteiger charge is 2.20. The maximum atomic E-state index is 12.6. The Bertz CT molecular complexity index is 1230. The highest BCUT2D eigenvalue weighted by atomic mass is 32.2. The number of thioether (sulfide) groups is 1. The lowest BCUT2D eigenvalue weighted by atomic mass is 10.1. The summed E-state index contributed by atoms with van der Waals surface area (Å²) in [6.45, 7) is 6.71. The number of carbonyl (C=O) groups excluding carboxylic acids is 1. The largest absolute Gasteiger partial charge is 0.482 e. The molecule has 4 aromatic rings. The summed E-state index contributed by atoms with van der Waals surface area (Å²) in [6.07, 6.45) is -0.262. The Hall–Kier alpha value is -3.32. The second kappa shape index (κ2) is 9.87. The van der Waals surface area contributed by atoms with Gasteiger partial charge in [0.2, 0.25) is 5.91 Å². The molecule has 6 nitrogen and oxygen atoms in total. The van der Waals surface area contributed by atoms with Crippen LogP contribution in [0.4, 0.5) is 5.69 Å². The molecule has 0 spiro atoms. The molecule has 1 amide bonds. The fourth-order valence-corrected chi connectivity index (χ4v) is 4.40. The quantitative estimate of drug-likeness (QED) is 0.355. The van der Waals surface area contributed by atoms with Gasteiger partial charge in [-0.1, -0.05) is 66.4 Å². The Kier molecular flexibility index (Phi) is 6.75. The Morgan fingerprint density at radius 3 is 2.62 bits per heavy atom. The fraction of sp³-hybridized carbons (Fsp3) is 0.240. The van der Waals surface area contributed by atoms with E-state index in [4.69, 9.17) is 4.74 Å². The van der Waals surface area contributed by atoms with Gasteiger partial charge < -0.3 is 14.6 Å². The third kappa shape index (κ3) is 4.78. The van der Waals surface area contributed by atoms with Gasteiger partial charge in [-0.25, -0.2) is 0 Å². The standard InChI is InChI=1S/C25H26N4O2S/c1-4-29-24(18(3)31-22-15-8-5-10-17(22)2)27-28-25(29)32-16-23(30)26-21-14-9-12-19-11-6-7-13-20(19)21/h5-15,18H,4,16H2,1-3H3,(H,26,30). The average Bonchev–Trinajstić information content (AvgIpc) is 3.22. The molecule has 1 aromatic heterocycles. The predicted molar refractivity (Wildman–Crippen MR) is 129 cm³/mol. The number of aryl methyl sites for hydroxylation is 1. The van der Waals surface area contributed by atoms with E-state index >= 15 is 0 Å². The molecule has 0 saturated carbocycles. The van der Waals surface area contributed by atoms with Crippen LogP contribution in [0, 0.1) is 6.92 Å². The maximum Gasteiger partial charge on any atom is 0.234 e. The average molecular weight is 447 g/mol. The molecule has 0 aliphatic rings. The van der Waals surface area contributed by atoms with Crippen molar-refractivity contribution >= 4 is 34.1 Å². The second-order valence-corrected chi connectivity index (χ2v) is 8.42. The summed E-state index contributed by atoms with van der Waals surface area (Å²) in [5.74, 6) is 1.73. The lowest BCUT2D eigenvalue weighted by molar-refractivity contribution is -0.113. The van der Waals surface area contributed by atoms with Crippen molar-refractivity contribution in [3.63, 3.8) is 0 Å². The van der Waals surface area contributed by atoms with Crippen molar-refractivity contribution in [1.82, 2.24) is 14.8 Å². The van der Waals surface area contributed by atoms with Gasteiger partial charge in [-0.2, -0.15) is 0 Å². The first-order chi connectivity index (χ1) is 15.6. The normalized spacial score (nSPS) is 12.0. The molecule has 1 heterocycles. The first-order valence-corrected chi connectivity index (χ1v) is 11.6. The number of ether oxygens (including phenoxy) is 1. The van der Waals surface area contributed by atoms with Crippen molar-refractivity contribution in [1.29, 1.82) is 0 Å². The van der Waals surface area contributed by atoms with Crippen LogP contribution in [-0.4, -0.2) is 26.4 Å². The molecule has 0 aliphatic carbocycles. The first kappa shape index (κ1) is 21.9. The van der Waals surface area contributed by atoms with Gasteiger partial charge in [-0.05, 0) is 43.9 Å². The van der Waals surface area contributed by atoms with Gasteiger partial charge in [0.15, 0.2) is 17.1 Å². The van der Waals surface area contributed by atoms with Crippen molar-refractivity contribution < 1.29 is 9.53 Å². The Labute approximate surface area is 192 Å². The molecule has 164 valence electrons. The number of fused-ring (bicyclic) bond motifs is 1. The summed E-state index contributed by atoms with van der Waals surface area (Å²) < 4.78 is 8.12. The molecule has 1 atom stereocenters. The van der Waals surface area contributed by atoms with Crippen LogP contribution < -0.4 is 10.1 Å². The Balaban J connectivity index is 1.43. The predicted octanol–water partition coefficient (Wildman–Crippen LogP) is 5.63. The fourth-order valence-electron chi connectivity index (χ4n) is 3.59. The molecule has 0 fully saturated rings. The lowest BCUT2D eigenvalue weighted by Gasteiger charge is -2.17. The molecule has 0 saturated heterocycles. The third-order valence-electron chi connectivity index (χ3n) is 5.22. The van der Waals surface area contributed by atoms with Crippen LogP contribution >= 0.6 is 11.8 Å². The Morgan fingerprint density at radius 1 is 1.06 bits per heavy atom. The van der Waals surface area contributed by atoms with E-state index < -0.39 is 0 Å². The van der Waals surface area contributed by atoms with Crippen molar-refractivity contribution in [3.8, 4) is 5.75 Å². The van der Waals surface area contributed by atoms with Gasteiger partial charge in [0.05, 0.1) is 5.75 Å². The molecule has 0 radical (unpaired) electrons. The smallest absolute Gasteiger partial charge is 0.234 e. The van der Waals surface area contributed by atoms with E-state index in [9.17, 15) is 4.79 Å². The van der Waals surface area contributed by atoms with E-state index in [1.54, 1.807) is 0 Å². The van der Waals surface area contributed by atoms with E-state index in [0.29, 0.717) is 11.7 Å². The monoisotopic (exact) mass is 446 g/mol. The third-order valence-corrected chi connectivity index (χ3v) is 6.19. The number of nitrogens with one attached hydrogen (secondary N) is 1. The number of carbonyl (C=O) groups is 1. The summed E-state index contributed by atoms with van der Waals surface area (Å²) in [5, 5.41) is 14.5. The van der Waals surface area contributed by atoms with Gasteiger partial charge in [0, 0.05) is 17.6 Å². The number of hydrogen-bond donors (Lipinski definition) is 1. The summed E-state index contributed by atoms with van der Waals surface area (Å²) in [6, 6.07) is 21.8. The van der Waals surface area contributed by atoms with Crippen molar-refractivity contribution in [3.05, 3.63) is 78.1 Å². The molecule has 32 heavy (non-hydrogen) atoms. The number of anilines is 1. The number of benzene rings is 3. The minimum Gasteiger partial charge on any atom is -0.482 e. The highest BCUT2D eigenvalue weighted by molar-refractivity contribution is 7.99. The molecule has 7 heteroatoms. The Morgan fingerprint density at radius 2 is 1.81 bits per heavy atom. The number of hydrogen-bond acceptors (Lipinski definition) is 5. The molecule has 1 N–H and O–H groups in total. The number of rotatable bonds is 8. The minimum atomic E-state index is -0.262. The molecule has 0 aliphatic heterocycles. The van der Waals surface area contributed by atoms with Gasteiger partial charge in [-0.15, -0.1) is 10.2 Å². The molecule has 4 rings (SSSR count). The number of para-hydroxylation sites is 1. The van der Waals surface area contributed by atoms with Gasteiger partial charge >= 0.3 is 0 Å². The first-order valence-electron chi connectivity index (χ1n) is 10.6. The zero-order valence-corrected chi connectivity index (χ0v) is 19.2. The second-order valence-electron chi connectivity index (χ2n) is 7.47. The van der Waals surface area contributed by atoms with Crippen LogP contribution in [0.3, 0.4) is 0 Å². The van der Waals surface area contributed by atoms with Crippen LogP contribution in [0.15, 0.2) is 71.9 Å². The zero-order valence-electron chi connectivity index (χ0n) is 18.4. The molecule has 1 unspecified atom stereocenters. The van der Waals surface area contributed by atoms with Crippen molar-refractivity contribution in [2.75, 3.05) is 11.1 Å². The van der Waals surface area contributed by atoms with E-state index in [2.05, 4.69) is 15.5 Å². The molecular weight excluding hydrogens is 420 g/mol. The number of amides is 1. The maximum absolute atomic E-state index is 12.6. The number of aromatic nitrogens is 3. The van der Waals surface area contributed by atoms with Crippen molar-refractivity contribution in [2.45, 2.75) is 38.6 Å². The van der Waals surface area contributed by atoms with E-state index in [1.807, 2.05) is 92.1 Å². The van der Waals surface area contributed by atoms with E-state index in [1.165, 1.54) is 11.8 Å². The summed E-state index contributed by atoms with van der Waals surface area (Å²) in [7, 11) is 0. The highest BCUT2D eigenvalue weighted by Crippen LogP contribution is 2.27. The topological polar surface area (TPSA) is 69.0 Å². The van der Waals surface area contributed by atoms with Crippen LogP contribution in [0.2, 0.25) is 0 Å². The van der Waals surface area contributed by atoms with Crippen LogP contribution in [0.5, 0.6) is 5.75 Å². The van der Waals surface area contributed by atoms with Gasteiger partial charge in [0.25, 0.3) is 0 Å². The van der Waals surface area contributed by atoms with Crippen LogP contribution in [0.1, 0.15) is 31.3 Å². The molecular formula is C25H26N4O2S. The molecule has 3 aromatic carbocycles. The van der Waals surface area contributed by atoms with Crippen LogP contribution in [-0.2, 0) is 11.3 Å². The van der Waals surface area contributed by atoms with E-state index in [-0.39, 0.29) is 17.8 Å². The van der Waals surface area contributed by atoms with E-state index in [0.717, 1.165) is 33.6 Å². The van der Waals surface area contributed by atoms with Crippen molar-refractivity contribution in [2.24, 2.45) is 0 Å². The van der Waals surface area contributed by atoms with Crippen LogP contribution in [0.25, 0.3) is 10.8 Å². The summed E-state index contributed by atoms with van der Waals surface area (Å²) in [4.78, 5) is 12.6. The SMILES string of the molecule is CCn1c(SCC(=O)Nc2cccc3ccccc23)nnc1C(C)Oc1ccccc1C. The molecule has 0 bridgehead atoms. The minimum absolute atomic E-state index is 0.0808. The van der Waals surface area contributed by atoms with Gasteiger partial charge in [0.1, 0.15) is 5.75 Å². The number of nitrogens with zero attached hydrogens (tertiary/aromatic N) is 3. The lowest BCUT2D eigenvalue weighted by Crippen LogP contribution is -2.15.